The molecule has 0 saturated heterocycles. The summed E-state index contributed by atoms with van der Waals surface area (Å²) < 4.78 is 0. The molecule has 1 unspecified atom stereocenters. The minimum Gasteiger partial charge on any atom is -0.310 e. The quantitative estimate of drug-likeness (QED) is 0.651. The van der Waals surface area contributed by atoms with Gasteiger partial charge in [0, 0.05) is 6.04 Å². The fourth-order valence-electron chi connectivity index (χ4n) is 2.46. The van der Waals surface area contributed by atoms with Crippen LogP contribution in [0.1, 0.15) is 70.5 Å². The molecule has 0 aliphatic rings. The maximum atomic E-state index is 3.71. The molecule has 108 valence electrons. The van der Waals surface area contributed by atoms with Crippen LogP contribution < -0.4 is 5.32 Å². The molecule has 0 fully saturated rings. The van der Waals surface area contributed by atoms with Crippen molar-refractivity contribution in [2.45, 2.75) is 65.8 Å². The second-order valence-electron chi connectivity index (χ2n) is 5.97. The highest BCUT2D eigenvalue weighted by molar-refractivity contribution is 5.26. The Morgan fingerprint density at radius 3 is 2.47 bits per heavy atom. The van der Waals surface area contributed by atoms with Crippen LogP contribution in [0.15, 0.2) is 24.3 Å². The summed E-state index contributed by atoms with van der Waals surface area (Å²) in [6.45, 7) is 10.2. The van der Waals surface area contributed by atoms with Gasteiger partial charge in [-0.2, -0.15) is 0 Å². The predicted molar refractivity (Wildman–Crippen MR) is 85.5 cm³/mol. The minimum absolute atomic E-state index is 0.527. The van der Waals surface area contributed by atoms with Gasteiger partial charge in [0.25, 0.3) is 0 Å². The van der Waals surface area contributed by atoms with E-state index in [1.807, 2.05) is 0 Å². The smallest absolute Gasteiger partial charge is 0.0320 e. The first-order valence-electron chi connectivity index (χ1n) is 7.99. The molecule has 0 aromatic heterocycles. The number of hydrogen-bond donors (Lipinski definition) is 1. The van der Waals surface area contributed by atoms with Crippen molar-refractivity contribution in [2.75, 3.05) is 6.54 Å². The van der Waals surface area contributed by atoms with Crippen molar-refractivity contribution in [3.05, 3.63) is 35.4 Å². The maximum Gasteiger partial charge on any atom is 0.0320 e. The number of hydrogen-bond acceptors (Lipinski definition) is 1. The number of aryl methyl sites for hydroxylation is 1. The average Bonchev–Trinajstić information content (AvgIpc) is 2.39. The number of benzene rings is 1. The first kappa shape index (κ1) is 16.2. The first-order chi connectivity index (χ1) is 9.17. The van der Waals surface area contributed by atoms with Gasteiger partial charge in [-0.15, -0.1) is 0 Å². The third kappa shape index (κ3) is 6.24. The molecule has 0 heterocycles. The molecule has 0 radical (unpaired) electrons. The van der Waals surface area contributed by atoms with Gasteiger partial charge in [-0.25, -0.2) is 0 Å². The predicted octanol–water partition coefficient (Wildman–Crippen LogP) is 5.12. The van der Waals surface area contributed by atoms with Crippen LogP contribution in [-0.2, 0) is 6.42 Å². The second kappa shape index (κ2) is 9.14. The molecule has 19 heavy (non-hydrogen) atoms. The summed E-state index contributed by atoms with van der Waals surface area (Å²) in [5.41, 5.74) is 2.95. The van der Waals surface area contributed by atoms with Gasteiger partial charge in [0.05, 0.1) is 0 Å². The number of rotatable bonds is 9. The minimum atomic E-state index is 0.527. The lowest BCUT2D eigenvalue weighted by Crippen LogP contribution is -2.22. The largest absolute Gasteiger partial charge is 0.310 e. The molecule has 1 rings (SSSR count). The topological polar surface area (TPSA) is 12.0 Å². The highest BCUT2D eigenvalue weighted by Gasteiger charge is 2.11. The fraction of sp³-hybridized carbons (Fsp3) is 0.667. The van der Waals surface area contributed by atoms with Crippen LogP contribution >= 0.6 is 0 Å². The van der Waals surface area contributed by atoms with E-state index in [4.69, 9.17) is 0 Å². The highest BCUT2D eigenvalue weighted by Crippen LogP contribution is 2.22. The summed E-state index contributed by atoms with van der Waals surface area (Å²) in [6.07, 6.45) is 6.15. The van der Waals surface area contributed by atoms with E-state index in [2.05, 4.69) is 57.3 Å². The Morgan fingerprint density at radius 2 is 1.84 bits per heavy atom. The van der Waals surface area contributed by atoms with Gasteiger partial charge < -0.3 is 5.32 Å². The summed E-state index contributed by atoms with van der Waals surface area (Å²) in [4.78, 5) is 0. The number of nitrogens with one attached hydrogen (secondary N) is 1. The highest BCUT2D eigenvalue weighted by atomic mass is 14.9. The molecule has 1 aromatic rings. The van der Waals surface area contributed by atoms with E-state index < -0.39 is 0 Å². The van der Waals surface area contributed by atoms with Gasteiger partial charge in [-0.3, -0.25) is 0 Å². The zero-order chi connectivity index (χ0) is 14.1. The average molecular weight is 261 g/mol. The monoisotopic (exact) mass is 261 g/mol. The van der Waals surface area contributed by atoms with Gasteiger partial charge in [0.1, 0.15) is 0 Å². The second-order valence-corrected chi connectivity index (χ2v) is 5.97. The first-order valence-corrected chi connectivity index (χ1v) is 7.99. The lowest BCUT2D eigenvalue weighted by molar-refractivity contribution is 0.440. The van der Waals surface area contributed by atoms with Crippen LogP contribution in [0.3, 0.4) is 0 Å². The molecule has 0 aliphatic carbocycles. The van der Waals surface area contributed by atoms with Crippen molar-refractivity contribution in [1.29, 1.82) is 0 Å². The molecule has 1 nitrogen and oxygen atoms in total. The summed E-state index contributed by atoms with van der Waals surface area (Å²) in [6, 6.07) is 9.69. The summed E-state index contributed by atoms with van der Waals surface area (Å²) in [7, 11) is 0. The SMILES string of the molecule is CCCNC(CCC(C)C)c1cccc(CCC)c1. The van der Waals surface area contributed by atoms with Crippen molar-refractivity contribution < 1.29 is 0 Å². The van der Waals surface area contributed by atoms with Gasteiger partial charge in [0.15, 0.2) is 0 Å². The third-order valence-corrected chi connectivity index (χ3v) is 3.57. The van der Waals surface area contributed by atoms with E-state index >= 15 is 0 Å². The lowest BCUT2D eigenvalue weighted by Gasteiger charge is -2.20. The maximum absolute atomic E-state index is 3.71. The van der Waals surface area contributed by atoms with E-state index in [0.29, 0.717) is 6.04 Å². The molecule has 0 spiro atoms. The van der Waals surface area contributed by atoms with Gasteiger partial charge >= 0.3 is 0 Å². The molecule has 0 bridgehead atoms. The van der Waals surface area contributed by atoms with Crippen LogP contribution in [0.2, 0.25) is 0 Å². The molecule has 0 aliphatic heterocycles. The van der Waals surface area contributed by atoms with Crippen molar-refractivity contribution in [3.8, 4) is 0 Å². The van der Waals surface area contributed by atoms with Crippen LogP contribution in [-0.4, -0.2) is 6.54 Å². The van der Waals surface area contributed by atoms with Crippen LogP contribution in [0, 0.1) is 5.92 Å². The Bertz CT molecular complexity index is 343. The molecule has 1 aromatic carbocycles. The van der Waals surface area contributed by atoms with Gasteiger partial charge in [-0.05, 0) is 49.3 Å². The molecule has 1 atom stereocenters. The standard InChI is InChI=1S/C18H31N/c1-5-8-16-9-7-10-17(14-16)18(19-13-6-2)12-11-15(3)4/h7,9-10,14-15,18-19H,5-6,8,11-13H2,1-4H3. The van der Waals surface area contributed by atoms with E-state index in [-0.39, 0.29) is 0 Å². The van der Waals surface area contributed by atoms with Crippen molar-refractivity contribution in [1.82, 2.24) is 5.32 Å². The van der Waals surface area contributed by atoms with E-state index in [9.17, 15) is 0 Å². The summed E-state index contributed by atoms with van der Waals surface area (Å²) in [5.74, 6) is 0.782. The zero-order valence-electron chi connectivity index (χ0n) is 13.2. The Labute approximate surface area is 119 Å². The normalized spacial score (nSPS) is 12.9. The molecule has 0 saturated carbocycles. The van der Waals surface area contributed by atoms with E-state index in [0.717, 1.165) is 12.5 Å². The molecule has 0 amide bonds. The van der Waals surface area contributed by atoms with Gasteiger partial charge in [0.2, 0.25) is 0 Å². The van der Waals surface area contributed by atoms with Crippen molar-refractivity contribution in [3.63, 3.8) is 0 Å². The zero-order valence-corrected chi connectivity index (χ0v) is 13.2. The fourth-order valence-corrected chi connectivity index (χ4v) is 2.46. The molecule has 1 N–H and O–H groups in total. The molecular weight excluding hydrogens is 230 g/mol. The Kier molecular flexibility index (Phi) is 7.81. The Morgan fingerprint density at radius 1 is 1.05 bits per heavy atom. The van der Waals surface area contributed by atoms with Crippen molar-refractivity contribution >= 4 is 0 Å². The van der Waals surface area contributed by atoms with Crippen LogP contribution in [0.25, 0.3) is 0 Å². The van der Waals surface area contributed by atoms with E-state index in [1.54, 1.807) is 0 Å². The summed E-state index contributed by atoms with van der Waals surface area (Å²) in [5, 5.41) is 3.71. The Hall–Kier alpha value is -0.820. The van der Waals surface area contributed by atoms with Gasteiger partial charge in [-0.1, -0.05) is 58.4 Å². The van der Waals surface area contributed by atoms with Crippen LogP contribution in [0.4, 0.5) is 0 Å². The van der Waals surface area contributed by atoms with Crippen molar-refractivity contribution in [2.24, 2.45) is 5.92 Å². The van der Waals surface area contributed by atoms with E-state index in [1.165, 1.54) is 43.2 Å². The third-order valence-electron chi connectivity index (χ3n) is 3.57. The Balaban J connectivity index is 2.73. The van der Waals surface area contributed by atoms with Crippen LogP contribution in [0.5, 0.6) is 0 Å². The molecular formula is C18H31N. The summed E-state index contributed by atoms with van der Waals surface area (Å²) >= 11 is 0. The lowest BCUT2D eigenvalue weighted by atomic mass is 9.95. The molecule has 1 heteroatoms.